The SMILES string of the molecule is CN1CCC(C)(CN2CC(=O)N3CCCC3C2=O)CC1. The summed E-state index contributed by atoms with van der Waals surface area (Å²) in [5, 5.41) is 0. The van der Waals surface area contributed by atoms with Crippen molar-refractivity contribution in [3.05, 3.63) is 0 Å². The molecule has 3 saturated heterocycles. The van der Waals surface area contributed by atoms with Gasteiger partial charge in [-0.1, -0.05) is 6.92 Å². The predicted molar refractivity (Wildman–Crippen MR) is 76.2 cm³/mol. The summed E-state index contributed by atoms with van der Waals surface area (Å²) < 4.78 is 0. The third kappa shape index (κ3) is 2.43. The molecule has 0 N–H and O–H groups in total. The molecule has 1 atom stereocenters. The molecule has 0 aromatic rings. The predicted octanol–water partition coefficient (Wildman–Crippen LogP) is 0.552. The highest BCUT2D eigenvalue weighted by molar-refractivity contribution is 5.95. The third-order valence-electron chi connectivity index (χ3n) is 5.26. The van der Waals surface area contributed by atoms with Gasteiger partial charge in [0.1, 0.15) is 6.04 Å². The molecule has 2 amide bonds. The van der Waals surface area contributed by atoms with Gasteiger partial charge in [0.25, 0.3) is 0 Å². The van der Waals surface area contributed by atoms with E-state index in [1.165, 1.54) is 0 Å². The van der Waals surface area contributed by atoms with Crippen LogP contribution in [0.5, 0.6) is 0 Å². The summed E-state index contributed by atoms with van der Waals surface area (Å²) in [6, 6.07) is -0.161. The lowest BCUT2D eigenvalue weighted by atomic mass is 9.79. The van der Waals surface area contributed by atoms with Gasteiger partial charge in [0.2, 0.25) is 11.8 Å². The highest BCUT2D eigenvalue weighted by Crippen LogP contribution is 2.33. The van der Waals surface area contributed by atoms with E-state index in [0.717, 1.165) is 51.9 Å². The van der Waals surface area contributed by atoms with E-state index >= 15 is 0 Å². The van der Waals surface area contributed by atoms with Crippen molar-refractivity contribution in [1.82, 2.24) is 14.7 Å². The van der Waals surface area contributed by atoms with Gasteiger partial charge >= 0.3 is 0 Å². The number of carbonyl (C=O) groups excluding carboxylic acids is 2. The average Bonchev–Trinajstić information content (AvgIpc) is 2.90. The lowest BCUT2D eigenvalue weighted by Gasteiger charge is -2.44. The van der Waals surface area contributed by atoms with Crippen molar-refractivity contribution in [3.8, 4) is 0 Å². The van der Waals surface area contributed by atoms with Gasteiger partial charge < -0.3 is 14.7 Å². The molecule has 0 aromatic carbocycles. The minimum Gasteiger partial charge on any atom is -0.331 e. The molecule has 5 heteroatoms. The van der Waals surface area contributed by atoms with Crippen molar-refractivity contribution in [2.75, 3.05) is 39.8 Å². The van der Waals surface area contributed by atoms with Crippen LogP contribution in [-0.2, 0) is 9.59 Å². The average molecular weight is 279 g/mol. The second kappa shape index (κ2) is 5.02. The molecule has 3 aliphatic heterocycles. The molecule has 0 spiro atoms. The van der Waals surface area contributed by atoms with Gasteiger partial charge in [-0.15, -0.1) is 0 Å². The number of hydrogen-bond donors (Lipinski definition) is 0. The standard InChI is InChI=1S/C15H25N3O2/c1-15(5-8-16(2)9-6-15)11-17-10-13(19)18-7-3-4-12(18)14(17)20/h12H,3-11H2,1-2H3. The molecule has 3 aliphatic rings. The number of carbonyl (C=O) groups is 2. The van der Waals surface area contributed by atoms with Crippen LogP contribution in [0.25, 0.3) is 0 Å². The molecule has 0 radical (unpaired) electrons. The Balaban J connectivity index is 1.68. The number of rotatable bonds is 2. The van der Waals surface area contributed by atoms with Gasteiger partial charge in [0.05, 0.1) is 6.54 Å². The largest absolute Gasteiger partial charge is 0.331 e. The Morgan fingerprint density at radius 2 is 1.90 bits per heavy atom. The number of piperidine rings is 1. The van der Waals surface area contributed by atoms with E-state index in [9.17, 15) is 9.59 Å². The summed E-state index contributed by atoms with van der Waals surface area (Å²) >= 11 is 0. The first-order valence-corrected chi connectivity index (χ1v) is 7.75. The maximum Gasteiger partial charge on any atom is 0.245 e. The topological polar surface area (TPSA) is 43.9 Å². The minimum absolute atomic E-state index is 0.142. The Bertz CT molecular complexity index is 415. The molecule has 112 valence electrons. The molecule has 3 fully saturated rings. The van der Waals surface area contributed by atoms with Crippen molar-refractivity contribution in [1.29, 1.82) is 0 Å². The van der Waals surface area contributed by atoms with Gasteiger partial charge in [0.15, 0.2) is 0 Å². The van der Waals surface area contributed by atoms with Gasteiger partial charge in [-0.25, -0.2) is 0 Å². The molecular weight excluding hydrogens is 254 g/mol. The van der Waals surface area contributed by atoms with Crippen LogP contribution in [0.3, 0.4) is 0 Å². The Kier molecular flexibility index (Phi) is 3.48. The minimum atomic E-state index is -0.161. The van der Waals surface area contributed by atoms with Crippen molar-refractivity contribution in [3.63, 3.8) is 0 Å². The first kappa shape index (κ1) is 13.9. The lowest BCUT2D eigenvalue weighted by Crippen LogP contribution is -2.59. The fourth-order valence-electron chi connectivity index (χ4n) is 3.78. The van der Waals surface area contributed by atoms with Crippen molar-refractivity contribution >= 4 is 11.8 Å². The van der Waals surface area contributed by atoms with Crippen LogP contribution in [0, 0.1) is 5.41 Å². The monoisotopic (exact) mass is 279 g/mol. The molecule has 5 nitrogen and oxygen atoms in total. The van der Waals surface area contributed by atoms with E-state index in [-0.39, 0.29) is 23.3 Å². The highest BCUT2D eigenvalue weighted by atomic mass is 16.2. The molecule has 3 heterocycles. The van der Waals surface area contributed by atoms with Crippen molar-refractivity contribution in [2.24, 2.45) is 5.41 Å². The Morgan fingerprint density at radius 3 is 2.60 bits per heavy atom. The Morgan fingerprint density at radius 1 is 1.20 bits per heavy atom. The molecule has 0 saturated carbocycles. The van der Waals surface area contributed by atoms with Crippen LogP contribution in [0.1, 0.15) is 32.6 Å². The number of hydrogen-bond acceptors (Lipinski definition) is 3. The van der Waals surface area contributed by atoms with Crippen LogP contribution < -0.4 is 0 Å². The molecular formula is C15H25N3O2. The van der Waals surface area contributed by atoms with E-state index in [1.807, 2.05) is 4.90 Å². The second-order valence-corrected chi connectivity index (χ2v) is 7.05. The molecule has 0 aliphatic carbocycles. The van der Waals surface area contributed by atoms with Gasteiger partial charge in [-0.3, -0.25) is 9.59 Å². The zero-order chi connectivity index (χ0) is 14.3. The molecule has 0 bridgehead atoms. The van der Waals surface area contributed by atoms with Crippen LogP contribution in [0.4, 0.5) is 0 Å². The number of fused-ring (bicyclic) bond motifs is 1. The van der Waals surface area contributed by atoms with E-state index < -0.39 is 0 Å². The van der Waals surface area contributed by atoms with Gasteiger partial charge in [-0.2, -0.15) is 0 Å². The number of piperazine rings is 1. The molecule has 0 aromatic heterocycles. The smallest absolute Gasteiger partial charge is 0.245 e. The first-order valence-electron chi connectivity index (χ1n) is 7.75. The van der Waals surface area contributed by atoms with Crippen LogP contribution in [0.2, 0.25) is 0 Å². The molecule has 1 unspecified atom stereocenters. The van der Waals surface area contributed by atoms with Gasteiger partial charge in [-0.05, 0) is 51.2 Å². The summed E-state index contributed by atoms with van der Waals surface area (Å²) in [7, 11) is 2.14. The van der Waals surface area contributed by atoms with Crippen LogP contribution in [0.15, 0.2) is 0 Å². The van der Waals surface area contributed by atoms with E-state index in [1.54, 1.807) is 4.90 Å². The third-order valence-corrected chi connectivity index (χ3v) is 5.26. The quantitative estimate of drug-likeness (QED) is 0.741. The van der Waals surface area contributed by atoms with E-state index in [2.05, 4.69) is 18.9 Å². The van der Waals surface area contributed by atoms with Gasteiger partial charge in [0, 0.05) is 13.1 Å². The van der Waals surface area contributed by atoms with Crippen LogP contribution in [-0.4, -0.2) is 72.3 Å². The summed E-state index contributed by atoms with van der Waals surface area (Å²) in [6.07, 6.45) is 4.03. The summed E-state index contributed by atoms with van der Waals surface area (Å²) in [4.78, 5) is 30.7. The maximum absolute atomic E-state index is 12.6. The first-order chi connectivity index (χ1) is 9.48. The fraction of sp³-hybridized carbons (Fsp3) is 0.867. The lowest BCUT2D eigenvalue weighted by molar-refractivity contribution is -0.155. The Hall–Kier alpha value is -1.10. The Labute approximate surface area is 120 Å². The summed E-state index contributed by atoms with van der Waals surface area (Å²) in [5.74, 6) is 0.325. The molecule has 20 heavy (non-hydrogen) atoms. The number of amides is 2. The van der Waals surface area contributed by atoms with Crippen molar-refractivity contribution in [2.45, 2.75) is 38.6 Å². The van der Waals surface area contributed by atoms with E-state index in [4.69, 9.17) is 0 Å². The summed E-state index contributed by atoms with van der Waals surface area (Å²) in [5.41, 5.74) is 0.170. The zero-order valence-corrected chi connectivity index (χ0v) is 12.6. The maximum atomic E-state index is 12.6. The fourth-order valence-corrected chi connectivity index (χ4v) is 3.78. The molecule has 3 rings (SSSR count). The highest BCUT2D eigenvalue weighted by Gasteiger charge is 2.44. The van der Waals surface area contributed by atoms with Crippen LogP contribution >= 0.6 is 0 Å². The van der Waals surface area contributed by atoms with E-state index in [0.29, 0.717) is 6.54 Å². The van der Waals surface area contributed by atoms with Crippen molar-refractivity contribution < 1.29 is 9.59 Å². The normalized spacial score (nSPS) is 30.8. The second-order valence-electron chi connectivity index (χ2n) is 7.05. The summed E-state index contributed by atoms with van der Waals surface area (Å²) in [6.45, 7) is 6.24. The zero-order valence-electron chi connectivity index (χ0n) is 12.6. The number of nitrogens with zero attached hydrogens (tertiary/aromatic N) is 3. The number of likely N-dealkylation sites (tertiary alicyclic amines) is 1.